The van der Waals surface area contributed by atoms with Crippen LogP contribution in [0.2, 0.25) is 0 Å². The molecule has 3 aromatic carbocycles. The van der Waals surface area contributed by atoms with Gasteiger partial charge in [-0.25, -0.2) is 4.98 Å². The number of anilines is 2. The van der Waals surface area contributed by atoms with Gasteiger partial charge < -0.3 is 9.47 Å². The minimum absolute atomic E-state index is 0.196. The Hall–Kier alpha value is -3.64. The number of para-hydroxylation sites is 1. The quantitative estimate of drug-likeness (QED) is 0.379. The molecule has 150 valence electrons. The van der Waals surface area contributed by atoms with Gasteiger partial charge in [-0.15, -0.1) is 0 Å². The van der Waals surface area contributed by atoms with Crippen LogP contribution in [0.5, 0.6) is 11.5 Å². The minimum Gasteiger partial charge on any atom is -0.497 e. The molecule has 4 rings (SSSR count). The van der Waals surface area contributed by atoms with Crippen LogP contribution in [0.4, 0.5) is 10.8 Å². The molecule has 1 amide bonds. The van der Waals surface area contributed by atoms with E-state index in [2.05, 4.69) is 4.98 Å². The van der Waals surface area contributed by atoms with Gasteiger partial charge in [0.2, 0.25) is 0 Å². The zero-order valence-electron chi connectivity index (χ0n) is 16.6. The number of rotatable bonds is 6. The number of aromatic nitrogens is 1. The van der Waals surface area contributed by atoms with Gasteiger partial charge in [0, 0.05) is 12.1 Å². The second-order valence-electron chi connectivity index (χ2n) is 6.45. The molecule has 0 saturated heterocycles. The predicted octanol–water partition coefficient (Wildman–Crippen LogP) is 5.69. The molecule has 0 fully saturated rings. The molecule has 0 aliphatic heterocycles. The van der Waals surface area contributed by atoms with Crippen molar-refractivity contribution >= 4 is 44.4 Å². The standard InChI is InChI=1S/C24H20N2O3S/c1-28-19-13-10-17(11-14-19)12-15-23(27)26(18-6-5-7-20(16-18)29-2)24-25-21-8-3-4-9-22(21)30-24/h3-16H,1-2H3/b15-12+. The maximum atomic E-state index is 13.3. The Morgan fingerprint density at radius 2 is 1.70 bits per heavy atom. The number of thiazole rings is 1. The third kappa shape index (κ3) is 4.18. The zero-order chi connectivity index (χ0) is 20.9. The Balaban J connectivity index is 1.71. The number of carbonyl (C=O) groups excluding carboxylic acids is 1. The summed E-state index contributed by atoms with van der Waals surface area (Å²) in [6, 6.07) is 22.8. The van der Waals surface area contributed by atoms with Gasteiger partial charge >= 0.3 is 0 Å². The Labute approximate surface area is 178 Å². The lowest BCUT2D eigenvalue weighted by Crippen LogP contribution is -2.23. The lowest BCUT2D eigenvalue weighted by Gasteiger charge is -2.19. The molecular weight excluding hydrogens is 396 g/mol. The van der Waals surface area contributed by atoms with Gasteiger partial charge in [0.15, 0.2) is 5.13 Å². The van der Waals surface area contributed by atoms with Crippen molar-refractivity contribution in [2.24, 2.45) is 0 Å². The Kier molecular flexibility index (Phi) is 5.77. The van der Waals surface area contributed by atoms with Crippen LogP contribution in [0.3, 0.4) is 0 Å². The first-order chi connectivity index (χ1) is 14.7. The number of hydrogen-bond donors (Lipinski definition) is 0. The van der Waals surface area contributed by atoms with Crippen LogP contribution in [0, 0.1) is 0 Å². The molecule has 1 heterocycles. The molecule has 0 aliphatic carbocycles. The van der Waals surface area contributed by atoms with Crippen LogP contribution in [0.1, 0.15) is 5.56 Å². The summed E-state index contributed by atoms with van der Waals surface area (Å²) in [7, 11) is 3.23. The summed E-state index contributed by atoms with van der Waals surface area (Å²) < 4.78 is 11.5. The summed E-state index contributed by atoms with van der Waals surface area (Å²) >= 11 is 1.47. The number of ether oxygens (including phenoxy) is 2. The largest absolute Gasteiger partial charge is 0.497 e. The minimum atomic E-state index is -0.196. The Bertz CT molecular complexity index is 1170. The fourth-order valence-corrected chi connectivity index (χ4v) is 3.99. The number of amides is 1. The summed E-state index contributed by atoms with van der Waals surface area (Å²) in [5.41, 5.74) is 2.45. The van der Waals surface area contributed by atoms with Gasteiger partial charge in [-0.2, -0.15) is 0 Å². The molecule has 0 aliphatic rings. The summed E-state index contributed by atoms with van der Waals surface area (Å²) in [5.74, 6) is 1.25. The predicted molar refractivity (Wildman–Crippen MR) is 122 cm³/mol. The summed E-state index contributed by atoms with van der Waals surface area (Å²) in [5, 5.41) is 0.605. The van der Waals surface area contributed by atoms with Gasteiger partial charge in [0.05, 0.1) is 30.1 Å². The van der Waals surface area contributed by atoms with Crippen molar-refractivity contribution in [3.63, 3.8) is 0 Å². The first-order valence-corrected chi connectivity index (χ1v) is 10.2. The van der Waals surface area contributed by atoms with Gasteiger partial charge in [0.1, 0.15) is 11.5 Å². The molecule has 0 N–H and O–H groups in total. The fourth-order valence-electron chi connectivity index (χ4n) is 2.99. The van der Waals surface area contributed by atoms with Gasteiger partial charge in [-0.3, -0.25) is 9.69 Å². The van der Waals surface area contributed by atoms with Crippen molar-refractivity contribution in [2.75, 3.05) is 19.1 Å². The first-order valence-electron chi connectivity index (χ1n) is 9.34. The molecule has 6 heteroatoms. The summed E-state index contributed by atoms with van der Waals surface area (Å²) in [6.45, 7) is 0. The van der Waals surface area contributed by atoms with E-state index in [1.807, 2.05) is 72.8 Å². The summed E-state index contributed by atoms with van der Waals surface area (Å²) in [6.07, 6.45) is 3.33. The van der Waals surface area contributed by atoms with E-state index in [-0.39, 0.29) is 5.91 Å². The highest BCUT2D eigenvalue weighted by atomic mass is 32.1. The van der Waals surface area contributed by atoms with Crippen LogP contribution in [0.25, 0.3) is 16.3 Å². The number of fused-ring (bicyclic) bond motifs is 1. The van der Waals surface area contributed by atoms with Crippen molar-refractivity contribution in [2.45, 2.75) is 0 Å². The highest BCUT2D eigenvalue weighted by molar-refractivity contribution is 7.22. The van der Waals surface area contributed by atoms with Crippen LogP contribution in [0.15, 0.2) is 78.9 Å². The molecule has 0 atom stereocenters. The third-order valence-electron chi connectivity index (χ3n) is 4.54. The Morgan fingerprint density at radius 1 is 0.933 bits per heavy atom. The van der Waals surface area contributed by atoms with Crippen molar-refractivity contribution < 1.29 is 14.3 Å². The van der Waals surface area contributed by atoms with Gasteiger partial charge in [-0.1, -0.05) is 41.7 Å². The average Bonchev–Trinajstić information content (AvgIpc) is 3.22. The first kappa shape index (κ1) is 19.7. The number of nitrogens with zero attached hydrogens (tertiary/aromatic N) is 2. The average molecular weight is 417 g/mol. The van der Waals surface area contributed by atoms with Crippen molar-refractivity contribution in [1.29, 1.82) is 0 Å². The molecule has 0 saturated carbocycles. The van der Waals surface area contributed by atoms with E-state index in [0.29, 0.717) is 16.6 Å². The monoisotopic (exact) mass is 416 g/mol. The SMILES string of the molecule is COc1ccc(/C=C/C(=O)N(c2cccc(OC)c2)c2nc3ccccc3s2)cc1. The zero-order valence-corrected chi connectivity index (χ0v) is 17.4. The van der Waals surface area contributed by atoms with Gasteiger partial charge in [0.25, 0.3) is 5.91 Å². The molecule has 30 heavy (non-hydrogen) atoms. The van der Waals surface area contributed by atoms with E-state index < -0.39 is 0 Å². The van der Waals surface area contributed by atoms with Crippen LogP contribution in [-0.2, 0) is 4.79 Å². The van der Waals surface area contributed by atoms with Crippen LogP contribution in [-0.4, -0.2) is 25.1 Å². The third-order valence-corrected chi connectivity index (χ3v) is 5.56. The van der Waals surface area contributed by atoms with E-state index in [0.717, 1.165) is 21.5 Å². The topological polar surface area (TPSA) is 51.7 Å². The molecule has 0 spiro atoms. The fraction of sp³-hybridized carbons (Fsp3) is 0.0833. The molecule has 4 aromatic rings. The van der Waals surface area contributed by atoms with Crippen molar-refractivity contribution in [3.8, 4) is 11.5 Å². The Morgan fingerprint density at radius 3 is 2.43 bits per heavy atom. The molecule has 0 radical (unpaired) electrons. The molecule has 0 unspecified atom stereocenters. The van der Waals surface area contributed by atoms with Gasteiger partial charge in [-0.05, 0) is 48.0 Å². The van der Waals surface area contributed by atoms with Crippen LogP contribution < -0.4 is 14.4 Å². The molecule has 0 bridgehead atoms. The van der Waals surface area contributed by atoms with Crippen molar-refractivity contribution in [3.05, 3.63) is 84.4 Å². The number of hydrogen-bond acceptors (Lipinski definition) is 5. The van der Waals surface area contributed by atoms with Crippen LogP contribution >= 0.6 is 11.3 Å². The summed E-state index contributed by atoms with van der Waals surface area (Å²) in [4.78, 5) is 19.5. The smallest absolute Gasteiger partial charge is 0.257 e. The van der Waals surface area contributed by atoms with Crippen molar-refractivity contribution in [1.82, 2.24) is 4.98 Å². The number of carbonyl (C=O) groups is 1. The van der Waals surface area contributed by atoms with E-state index in [4.69, 9.17) is 9.47 Å². The maximum Gasteiger partial charge on any atom is 0.257 e. The maximum absolute atomic E-state index is 13.3. The highest BCUT2D eigenvalue weighted by Gasteiger charge is 2.20. The van der Waals surface area contributed by atoms with E-state index in [1.165, 1.54) is 11.3 Å². The molecule has 5 nitrogen and oxygen atoms in total. The van der Waals surface area contributed by atoms with E-state index in [1.54, 1.807) is 31.3 Å². The number of benzene rings is 3. The second kappa shape index (κ2) is 8.80. The molecule has 1 aromatic heterocycles. The van der Waals surface area contributed by atoms with E-state index >= 15 is 0 Å². The highest BCUT2D eigenvalue weighted by Crippen LogP contribution is 2.35. The molecular formula is C24H20N2O3S. The normalized spacial score (nSPS) is 11.0. The lowest BCUT2D eigenvalue weighted by molar-refractivity contribution is -0.113. The van der Waals surface area contributed by atoms with E-state index in [9.17, 15) is 4.79 Å². The lowest BCUT2D eigenvalue weighted by atomic mass is 10.2. The number of methoxy groups -OCH3 is 2. The second-order valence-corrected chi connectivity index (χ2v) is 7.45.